The summed E-state index contributed by atoms with van der Waals surface area (Å²) < 4.78 is 11.9. The maximum Gasteiger partial charge on any atom is 0.133 e. The third-order valence-corrected chi connectivity index (χ3v) is 4.88. The lowest BCUT2D eigenvalue weighted by atomic mass is 9.91. The van der Waals surface area contributed by atoms with Crippen LogP contribution < -0.4 is 9.47 Å². The Hall–Kier alpha value is -2.52. The van der Waals surface area contributed by atoms with Crippen LogP contribution in [0.25, 0.3) is 11.1 Å². The quantitative estimate of drug-likeness (QED) is 0.394. The number of nitrogens with zero attached hydrogens (tertiary/aromatic N) is 1. The van der Waals surface area contributed by atoms with E-state index in [-0.39, 0.29) is 0 Å². The Morgan fingerprint density at radius 3 is 2.57 bits per heavy atom. The van der Waals surface area contributed by atoms with Crippen LogP contribution in [0.15, 0.2) is 60.4 Å². The van der Waals surface area contributed by atoms with Gasteiger partial charge >= 0.3 is 0 Å². The highest BCUT2D eigenvalue weighted by Crippen LogP contribution is 2.40. The maximum atomic E-state index is 6.11. The molecular weight excluding hydrogens is 370 g/mol. The Kier molecular flexibility index (Phi) is 6.58. The molecule has 4 heteroatoms. The Labute approximate surface area is 172 Å². The van der Waals surface area contributed by atoms with Crippen LogP contribution in [0, 0.1) is 6.92 Å². The van der Waals surface area contributed by atoms with E-state index in [1.807, 2.05) is 31.2 Å². The van der Waals surface area contributed by atoms with Gasteiger partial charge in [-0.25, -0.2) is 0 Å². The smallest absolute Gasteiger partial charge is 0.133 e. The first-order valence-corrected chi connectivity index (χ1v) is 10.0. The zero-order valence-corrected chi connectivity index (χ0v) is 17.3. The summed E-state index contributed by atoms with van der Waals surface area (Å²) in [7, 11) is 0. The Balaban J connectivity index is 1.97. The summed E-state index contributed by atoms with van der Waals surface area (Å²) in [6.45, 7) is 12.1. The molecule has 1 aliphatic carbocycles. The molecule has 0 N–H and O–H groups in total. The number of allylic oxidation sites excluding steroid dienone is 3. The molecule has 0 radical (unpaired) electrons. The average molecular weight is 396 g/mol. The molecule has 0 saturated heterocycles. The van der Waals surface area contributed by atoms with Crippen molar-refractivity contribution in [3.8, 4) is 22.6 Å². The van der Waals surface area contributed by atoms with Gasteiger partial charge in [0, 0.05) is 27.5 Å². The number of hydrogen-bond acceptors (Lipinski definition) is 3. The molecule has 0 unspecified atom stereocenters. The molecule has 2 aromatic rings. The zero-order chi connectivity index (χ0) is 20.1. The number of aryl methyl sites for hydroxylation is 2. The first-order valence-electron chi connectivity index (χ1n) is 9.65. The molecule has 3 nitrogen and oxygen atoms in total. The zero-order valence-electron chi connectivity index (χ0n) is 16.6. The van der Waals surface area contributed by atoms with Crippen molar-refractivity contribution in [2.75, 3.05) is 6.61 Å². The first-order chi connectivity index (χ1) is 13.5. The van der Waals surface area contributed by atoms with Gasteiger partial charge in [-0.2, -0.15) is 0 Å². The summed E-state index contributed by atoms with van der Waals surface area (Å²) >= 11 is 5.83. The molecule has 28 heavy (non-hydrogen) atoms. The van der Waals surface area contributed by atoms with E-state index in [1.54, 1.807) is 12.2 Å². The Morgan fingerprint density at radius 1 is 1.21 bits per heavy atom. The number of halogens is 1. The molecule has 1 aliphatic rings. The fraction of sp³-hybridized carbons (Fsp3) is 0.292. The van der Waals surface area contributed by atoms with Gasteiger partial charge in [-0.1, -0.05) is 36.9 Å². The lowest BCUT2D eigenvalue weighted by molar-refractivity contribution is 0.335. The second kappa shape index (κ2) is 9.11. The van der Waals surface area contributed by atoms with Crippen molar-refractivity contribution in [1.82, 2.24) is 4.98 Å². The summed E-state index contributed by atoms with van der Waals surface area (Å²) in [4.78, 5) is 4.89. The number of fused-ring (bicyclic) bond motifs is 1. The lowest BCUT2D eigenvalue weighted by Gasteiger charge is -2.23. The van der Waals surface area contributed by atoms with E-state index >= 15 is 0 Å². The summed E-state index contributed by atoms with van der Waals surface area (Å²) in [6.07, 6.45) is 7.68. The predicted octanol–water partition coefficient (Wildman–Crippen LogP) is 6.54. The van der Waals surface area contributed by atoms with Crippen molar-refractivity contribution in [3.05, 3.63) is 77.3 Å². The normalized spacial score (nSPS) is 13.6. The van der Waals surface area contributed by atoms with Crippen molar-refractivity contribution in [2.24, 2.45) is 0 Å². The number of aromatic nitrogens is 1. The van der Waals surface area contributed by atoms with E-state index in [0.29, 0.717) is 23.1 Å². The number of ether oxygens (including phenoxy) is 2. The van der Waals surface area contributed by atoms with Crippen LogP contribution in [-0.4, -0.2) is 11.6 Å². The van der Waals surface area contributed by atoms with E-state index in [0.717, 1.165) is 35.4 Å². The van der Waals surface area contributed by atoms with Crippen molar-refractivity contribution < 1.29 is 9.47 Å². The SMILES string of the molecule is C=C/C(=C\C(=C)Cl)Oc1ccc(-c2c(C)nc3c(c2OCC)CCCC3)cc1. The van der Waals surface area contributed by atoms with Gasteiger partial charge in [0.25, 0.3) is 0 Å². The molecule has 0 saturated carbocycles. The number of rotatable bonds is 7. The highest BCUT2D eigenvalue weighted by Gasteiger charge is 2.22. The van der Waals surface area contributed by atoms with E-state index in [2.05, 4.69) is 20.1 Å². The minimum atomic E-state index is 0.392. The highest BCUT2D eigenvalue weighted by atomic mass is 35.5. The van der Waals surface area contributed by atoms with E-state index in [9.17, 15) is 0 Å². The number of pyridine rings is 1. The van der Waals surface area contributed by atoms with Crippen LogP contribution in [0.5, 0.6) is 11.5 Å². The van der Waals surface area contributed by atoms with Gasteiger partial charge in [0.05, 0.1) is 6.61 Å². The molecule has 1 heterocycles. The molecule has 0 atom stereocenters. The largest absolute Gasteiger partial charge is 0.493 e. The van der Waals surface area contributed by atoms with Gasteiger partial charge in [0.15, 0.2) is 0 Å². The molecule has 0 fully saturated rings. The number of benzene rings is 1. The highest BCUT2D eigenvalue weighted by molar-refractivity contribution is 6.30. The van der Waals surface area contributed by atoms with E-state index in [1.165, 1.54) is 24.1 Å². The molecule has 0 amide bonds. The molecule has 1 aromatic heterocycles. The Morgan fingerprint density at radius 2 is 1.93 bits per heavy atom. The van der Waals surface area contributed by atoms with Crippen molar-refractivity contribution in [1.29, 1.82) is 0 Å². The van der Waals surface area contributed by atoms with Gasteiger partial charge in [0.2, 0.25) is 0 Å². The van der Waals surface area contributed by atoms with Crippen molar-refractivity contribution in [2.45, 2.75) is 39.5 Å². The van der Waals surface area contributed by atoms with Crippen molar-refractivity contribution >= 4 is 11.6 Å². The van der Waals surface area contributed by atoms with Gasteiger partial charge in [-0.15, -0.1) is 0 Å². The average Bonchev–Trinajstić information content (AvgIpc) is 2.68. The van der Waals surface area contributed by atoms with Crippen LogP contribution in [0.4, 0.5) is 0 Å². The molecule has 1 aromatic carbocycles. The fourth-order valence-electron chi connectivity index (χ4n) is 3.58. The summed E-state index contributed by atoms with van der Waals surface area (Å²) in [6, 6.07) is 7.93. The molecule has 0 spiro atoms. The van der Waals surface area contributed by atoms with Crippen LogP contribution in [0.2, 0.25) is 0 Å². The Bertz CT molecular complexity index is 913. The van der Waals surface area contributed by atoms with Gasteiger partial charge < -0.3 is 9.47 Å². The monoisotopic (exact) mass is 395 g/mol. The summed E-state index contributed by atoms with van der Waals surface area (Å²) in [5, 5.41) is 0.392. The summed E-state index contributed by atoms with van der Waals surface area (Å²) in [5.74, 6) is 2.24. The second-order valence-electron chi connectivity index (χ2n) is 6.79. The third kappa shape index (κ3) is 4.48. The lowest BCUT2D eigenvalue weighted by Crippen LogP contribution is -2.11. The maximum absolute atomic E-state index is 6.11. The molecule has 0 bridgehead atoms. The first kappa shape index (κ1) is 20.2. The van der Waals surface area contributed by atoms with Gasteiger partial charge in [0.1, 0.15) is 17.3 Å². The van der Waals surface area contributed by atoms with Gasteiger partial charge in [-0.3, -0.25) is 4.98 Å². The van der Waals surface area contributed by atoms with Gasteiger partial charge in [-0.05, 0) is 69.4 Å². The third-order valence-electron chi connectivity index (χ3n) is 4.77. The number of hydrogen-bond donors (Lipinski definition) is 0. The van der Waals surface area contributed by atoms with Crippen molar-refractivity contribution in [3.63, 3.8) is 0 Å². The molecule has 146 valence electrons. The van der Waals surface area contributed by atoms with E-state index in [4.69, 9.17) is 26.1 Å². The van der Waals surface area contributed by atoms with Crippen LogP contribution in [0.1, 0.15) is 36.7 Å². The second-order valence-corrected chi connectivity index (χ2v) is 7.28. The van der Waals surface area contributed by atoms with Crippen LogP contribution in [0.3, 0.4) is 0 Å². The topological polar surface area (TPSA) is 31.4 Å². The van der Waals surface area contributed by atoms with Crippen LogP contribution >= 0.6 is 11.6 Å². The predicted molar refractivity (Wildman–Crippen MR) is 116 cm³/mol. The molecule has 3 rings (SSSR count). The molecule has 0 aliphatic heterocycles. The molecular formula is C24H26ClNO2. The van der Waals surface area contributed by atoms with E-state index < -0.39 is 0 Å². The fourth-order valence-corrected chi connectivity index (χ4v) is 3.69. The summed E-state index contributed by atoms with van der Waals surface area (Å²) in [5.41, 5.74) is 5.61. The minimum Gasteiger partial charge on any atom is -0.493 e. The van der Waals surface area contributed by atoms with Crippen LogP contribution in [-0.2, 0) is 12.8 Å². The minimum absolute atomic E-state index is 0.392. The standard InChI is InChI=1S/C24H26ClNO2/c1-5-19(15-16(3)25)28-20-13-11-18(12-14-20)23-17(4)26-22-10-8-7-9-21(22)24(23)27-6-2/h5,11-15H,1,3,6-10H2,2,4H3/b19-15+.